The molecule has 0 aliphatic carbocycles. The van der Waals surface area contributed by atoms with Gasteiger partial charge in [-0.3, -0.25) is 14.4 Å². The summed E-state index contributed by atoms with van der Waals surface area (Å²) < 4.78 is 0. The lowest BCUT2D eigenvalue weighted by Crippen LogP contribution is -2.35. The summed E-state index contributed by atoms with van der Waals surface area (Å²) in [5, 5.41) is 3.09. The van der Waals surface area contributed by atoms with Gasteiger partial charge in [0.1, 0.15) is 0 Å². The molecule has 5 nitrogen and oxygen atoms in total. The second-order valence-corrected chi connectivity index (χ2v) is 7.31. The Bertz CT molecular complexity index is 788. The Hall–Kier alpha value is -2.18. The van der Waals surface area contributed by atoms with Gasteiger partial charge in [-0.15, -0.1) is 11.3 Å². The van der Waals surface area contributed by atoms with Gasteiger partial charge in [0, 0.05) is 24.8 Å². The number of halogens is 1. The van der Waals surface area contributed by atoms with E-state index in [0.29, 0.717) is 15.6 Å². The van der Waals surface area contributed by atoms with E-state index in [1.165, 1.54) is 23.3 Å². The van der Waals surface area contributed by atoms with Crippen molar-refractivity contribution in [2.24, 2.45) is 0 Å². The highest BCUT2D eigenvalue weighted by atomic mass is 35.5. The zero-order valence-corrected chi connectivity index (χ0v) is 15.6. The van der Waals surface area contributed by atoms with Crippen LogP contribution in [0, 0.1) is 6.92 Å². The molecule has 0 aliphatic heterocycles. The molecule has 0 radical (unpaired) electrons. The number of thiophene rings is 1. The second kappa shape index (κ2) is 8.78. The molecule has 0 fully saturated rings. The van der Waals surface area contributed by atoms with E-state index in [1.807, 2.05) is 13.0 Å². The van der Waals surface area contributed by atoms with Gasteiger partial charge in [0.25, 0.3) is 0 Å². The molecule has 0 saturated carbocycles. The van der Waals surface area contributed by atoms with E-state index in [1.54, 1.807) is 30.3 Å². The van der Waals surface area contributed by atoms with Crippen molar-refractivity contribution in [3.05, 3.63) is 51.2 Å². The molecule has 1 heterocycles. The highest BCUT2D eigenvalue weighted by Crippen LogP contribution is 2.20. The van der Waals surface area contributed by atoms with Crippen LogP contribution in [-0.2, 0) is 9.59 Å². The van der Waals surface area contributed by atoms with Gasteiger partial charge >= 0.3 is 0 Å². The van der Waals surface area contributed by atoms with E-state index in [9.17, 15) is 14.4 Å². The van der Waals surface area contributed by atoms with Crippen molar-refractivity contribution in [3.63, 3.8) is 0 Å². The number of benzene rings is 1. The predicted molar refractivity (Wildman–Crippen MR) is 100 cm³/mol. The molecule has 2 amide bonds. The standard InChI is InChI=1S/C18H19ClN2O3S/c1-12-7-9-16(25-12)15(22)8-10-18(24)21(2)11-17(23)20-14-6-4-3-5-13(14)19/h3-7,9H,8,10-11H2,1-2H3,(H,20,23). The summed E-state index contributed by atoms with van der Waals surface area (Å²) in [5.41, 5.74) is 0.498. The van der Waals surface area contributed by atoms with Crippen molar-refractivity contribution in [2.45, 2.75) is 19.8 Å². The number of carbonyl (C=O) groups excluding carboxylic acids is 3. The van der Waals surface area contributed by atoms with E-state index in [0.717, 1.165) is 4.88 Å². The van der Waals surface area contributed by atoms with Crippen LogP contribution in [0.5, 0.6) is 0 Å². The van der Waals surface area contributed by atoms with Crippen molar-refractivity contribution in [1.82, 2.24) is 4.90 Å². The molecule has 2 aromatic rings. The van der Waals surface area contributed by atoms with E-state index >= 15 is 0 Å². The maximum atomic E-state index is 12.1. The van der Waals surface area contributed by atoms with Crippen LogP contribution in [0.4, 0.5) is 5.69 Å². The van der Waals surface area contributed by atoms with Crippen LogP contribution < -0.4 is 5.32 Å². The largest absolute Gasteiger partial charge is 0.336 e. The number of ketones is 1. The van der Waals surface area contributed by atoms with Crippen molar-refractivity contribution >= 4 is 46.2 Å². The summed E-state index contributed by atoms with van der Waals surface area (Å²) in [6.45, 7) is 1.83. The molecule has 1 aromatic carbocycles. The monoisotopic (exact) mass is 378 g/mol. The molecule has 25 heavy (non-hydrogen) atoms. The zero-order chi connectivity index (χ0) is 18.4. The summed E-state index contributed by atoms with van der Waals surface area (Å²) in [5.74, 6) is -0.652. The molecule has 132 valence electrons. The molecule has 1 N–H and O–H groups in total. The normalized spacial score (nSPS) is 10.4. The molecular formula is C18H19ClN2O3S. The maximum Gasteiger partial charge on any atom is 0.244 e. The minimum atomic E-state index is -0.343. The summed E-state index contributed by atoms with van der Waals surface area (Å²) in [7, 11) is 1.54. The first-order chi connectivity index (χ1) is 11.9. The number of aryl methyl sites for hydroxylation is 1. The maximum absolute atomic E-state index is 12.1. The third-order valence-corrected chi connectivity index (χ3v) is 4.91. The quantitative estimate of drug-likeness (QED) is 0.746. The Kier molecular flexibility index (Phi) is 6.73. The minimum absolute atomic E-state index is 0.0552. The fraction of sp³-hybridized carbons (Fsp3) is 0.278. The van der Waals surface area contributed by atoms with Crippen molar-refractivity contribution in [1.29, 1.82) is 0 Å². The summed E-state index contributed by atoms with van der Waals surface area (Å²) in [6, 6.07) is 10.5. The number of nitrogens with one attached hydrogen (secondary N) is 1. The molecule has 7 heteroatoms. The van der Waals surface area contributed by atoms with Gasteiger partial charge in [-0.05, 0) is 31.2 Å². The number of rotatable bonds is 7. The Labute approximate surface area is 155 Å². The zero-order valence-electron chi connectivity index (χ0n) is 14.0. The van der Waals surface area contributed by atoms with Gasteiger partial charge in [-0.2, -0.15) is 0 Å². The van der Waals surface area contributed by atoms with Gasteiger partial charge in [0.05, 0.1) is 22.1 Å². The van der Waals surface area contributed by atoms with E-state index in [4.69, 9.17) is 11.6 Å². The van der Waals surface area contributed by atoms with Crippen LogP contribution in [-0.4, -0.2) is 36.1 Å². The average Bonchev–Trinajstić information content (AvgIpc) is 3.01. The van der Waals surface area contributed by atoms with Gasteiger partial charge in [-0.1, -0.05) is 23.7 Å². The third-order valence-electron chi connectivity index (χ3n) is 3.54. The molecule has 0 spiro atoms. The molecule has 0 aliphatic rings. The molecule has 2 rings (SSSR count). The number of amides is 2. The number of hydrogen-bond acceptors (Lipinski definition) is 4. The summed E-state index contributed by atoms with van der Waals surface area (Å²) >= 11 is 7.40. The number of anilines is 1. The van der Waals surface area contributed by atoms with Crippen molar-refractivity contribution in [2.75, 3.05) is 18.9 Å². The highest BCUT2D eigenvalue weighted by Gasteiger charge is 2.16. The third kappa shape index (κ3) is 5.69. The van der Waals surface area contributed by atoms with Crippen LogP contribution in [0.25, 0.3) is 0 Å². The topological polar surface area (TPSA) is 66.5 Å². The van der Waals surface area contributed by atoms with E-state index in [2.05, 4.69) is 5.32 Å². The smallest absolute Gasteiger partial charge is 0.244 e. The first kappa shape index (κ1) is 19.1. The van der Waals surface area contributed by atoms with Crippen molar-refractivity contribution < 1.29 is 14.4 Å². The fourth-order valence-corrected chi connectivity index (χ4v) is 3.19. The number of likely N-dealkylation sites (N-methyl/N-ethyl adjacent to an activating group) is 1. The molecule has 0 saturated heterocycles. The fourth-order valence-electron chi connectivity index (χ4n) is 2.17. The van der Waals surface area contributed by atoms with Gasteiger partial charge in [-0.25, -0.2) is 0 Å². The molecular weight excluding hydrogens is 360 g/mol. The van der Waals surface area contributed by atoms with Crippen LogP contribution in [0.3, 0.4) is 0 Å². The summed E-state index contributed by atoms with van der Waals surface area (Å²) in [4.78, 5) is 39.2. The number of carbonyl (C=O) groups is 3. The number of hydrogen-bond donors (Lipinski definition) is 1. The van der Waals surface area contributed by atoms with Gasteiger partial charge in [0.2, 0.25) is 11.8 Å². The van der Waals surface area contributed by atoms with Gasteiger partial charge in [0.15, 0.2) is 5.78 Å². The first-order valence-electron chi connectivity index (χ1n) is 7.75. The van der Waals surface area contributed by atoms with Crippen LogP contribution >= 0.6 is 22.9 Å². The van der Waals surface area contributed by atoms with Gasteiger partial charge < -0.3 is 10.2 Å². The Morgan fingerprint density at radius 2 is 1.84 bits per heavy atom. The Morgan fingerprint density at radius 3 is 2.48 bits per heavy atom. The number of nitrogens with zero attached hydrogens (tertiary/aromatic N) is 1. The first-order valence-corrected chi connectivity index (χ1v) is 8.94. The SMILES string of the molecule is Cc1ccc(C(=O)CCC(=O)N(C)CC(=O)Nc2ccccc2Cl)s1. The lowest BCUT2D eigenvalue weighted by atomic mass is 10.2. The average molecular weight is 379 g/mol. The van der Waals surface area contributed by atoms with Crippen LogP contribution in [0.15, 0.2) is 36.4 Å². The molecule has 0 unspecified atom stereocenters. The molecule has 0 bridgehead atoms. The van der Waals surface area contributed by atoms with Crippen molar-refractivity contribution in [3.8, 4) is 0 Å². The number of para-hydroxylation sites is 1. The predicted octanol–water partition coefficient (Wildman–Crippen LogP) is 3.77. The van der Waals surface area contributed by atoms with Crippen LogP contribution in [0.1, 0.15) is 27.4 Å². The van der Waals surface area contributed by atoms with E-state index < -0.39 is 0 Å². The summed E-state index contributed by atoms with van der Waals surface area (Å²) in [6.07, 6.45) is 0.209. The highest BCUT2D eigenvalue weighted by molar-refractivity contribution is 7.14. The van der Waals surface area contributed by atoms with E-state index in [-0.39, 0.29) is 37.0 Å². The second-order valence-electron chi connectivity index (χ2n) is 5.61. The lowest BCUT2D eigenvalue weighted by molar-refractivity contribution is -0.133. The van der Waals surface area contributed by atoms with Crippen LogP contribution in [0.2, 0.25) is 5.02 Å². The Morgan fingerprint density at radius 1 is 1.12 bits per heavy atom. The molecule has 0 atom stereocenters. The Balaban J connectivity index is 1.80. The lowest BCUT2D eigenvalue weighted by Gasteiger charge is -2.17. The number of Topliss-reactive ketones (excluding diaryl/α,β-unsaturated/α-hetero) is 1. The molecule has 1 aromatic heterocycles. The minimum Gasteiger partial charge on any atom is -0.336 e.